The van der Waals surface area contributed by atoms with Gasteiger partial charge in [0.25, 0.3) is 0 Å². The van der Waals surface area contributed by atoms with Crippen molar-refractivity contribution >= 4 is 22.2 Å². The Hall–Kier alpha value is -2.18. The van der Waals surface area contributed by atoms with Crippen LogP contribution in [0.3, 0.4) is 0 Å². The number of ether oxygens (including phenoxy) is 1. The normalized spacial score (nSPS) is 16.7. The maximum Gasteiger partial charge on any atom is 0.222 e. The summed E-state index contributed by atoms with van der Waals surface area (Å²) in [4.78, 5) is 20.6. The number of hydrogen-bond acceptors (Lipinski definition) is 4. The molecule has 0 N–H and O–H groups in total. The number of hydrogen-bond donors (Lipinski definition) is 0. The Balaban J connectivity index is 1.48. The molecular formula is C23H29N3O2S. The van der Waals surface area contributed by atoms with E-state index in [1.807, 2.05) is 23.1 Å². The van der Waals surface area contributed by atoms with Crippen LogP contribution in [0.25, 0.3) is 16.2 Å². The lowest BCUT2D eigenvalue weighted by Crippen LogP contribution is -2.39. The number of carbonyl (C=O) groups is 1. The first-order valence-corrected chi connectivity index (χ1v) is 11.4. The fourth-order valence-corrected chi connectivity index (χ4v) is 4.74. The van der Waals surface area contributed by atoms with Crippen LogP contribution in [-0.2, 0) is 16.0 Å². The average Bonchev–Trinajstić information content (AvgIpc) is 3.43. The second-order valence-electron chi connectivity index (χ2n) is 8.19. The number of rotatable bonds is 8. The molecule has 6 heteroatoms. The highest BCUT2D eigenvalue weighted by Gasteiger charge is 2.23. The van der Waals surface area contributed by atoms with Crippen LogP contribution in [-0.4, -0.2) is 46.0 Å². The maximum atomic E-state index is 12.8. The van der Waals surface area contributed by atoms with Crippen molar-refractivity contribution in [2.75, 3.05) is 19.7 Å². The van der Waals surface area contributed by atoms with Gasteiger partial charge in [0.05, 0.1) is 11.8 Å². The summed E-state index contributed by atoms with van der Waals surface area (Å²) in [5.74, 6) is 0.599. The van der Waals surface area contributed by atoms with Gasteiger partial charge < -0.3 is 9.64 Å². The third kappa shape index (κ3) is 4.87. The first kappa shape index (κ1) is 20.1. The molecule has 1 fully saturated rings. The number of amides is 1. The zero-order valence-electron chi connectivity index (χ0n) is 17.2. The molecule has 4 rings (SSSR count). The molecule has 1 saturated heterocycles. The van der Waals surface area contributed by atoms with E-state index in [9.17, 15) is 4.79 Å². The molecule has 1 atom stereocenters. The van der Waals surface area contributed by atoms with Crippen molar-refractivity contribution in [3.8, 4) is 11.3 Å². The largest absolute Gasteiger partial charge is 0.376 e. The highest BCUT2D eigenvalue weighted by atomic mass is 32.1. The molecule has 1 aliphatic heterocycles. The van der Waals surface area contributed by atoms with Crippen LogP contribution in [0.5, 0.6) is 0 Å². The summed E-state index contributed by atoms with van der Waals surface area (Å²) in [6.45, 7) is 6.44. The predicted molar refractivity (Wildman–Crippen MR) is 117 cm³/mol. The van der Waals surface area contributed by atoms with Crippen molar-refractivity contribution in [1.82, 2.24) is 14.3 Å². The highest BCUT2D eigenvalue weighted by molar-refractivity contribution is 7.15. The molecule has 1 aromatic carbocycles. The van der Waals surface area contributed by atoms with Crippen LogP contribution >= 0.6 is 11.3 Å². The molecule has 0 radical (unpaired) electrons. The van der Waals surface area contributed by atoms with E-state index in [1.54, 1.807) is 11.3 Å². The van der Waals surface area contributed by atoms with Crippen LogP contribution in [0.4, 0.5) is 0 Å². The quantitative estimate of drug-likeness (QED) is 0.542. The van der Waals surface area contributed by atoms with Crippen LogP contribution in [0.1, 0.15) is 38.8 Å². The smallest absolute Gasteiger partial charge is 0.222 e. The number of nitrogens with zero attached hydrogens (tertiary/aromatic N) is 3. The van der Waals surface area contributed by atoms with Crippen LogP contribution in [0.15, 0.2) is 41.9 Å². The number of imidazole rings is 1. The monoisotopic (exact) mass is 411 g/mol. The topological polar surface area (TPSA) is 46.8 Å². The SMILES string of the molecule is CC(C)CC(=O)N(CCc1csc2nc(-c3ccccc3)cn12)CC1CCCO1. The van der Waals surface area contributed by atoms with Gasteiger partial charge in [-0.25, -0.2) is 4.98 Å². The average molecular weight is 412 g/mol. The minimum absolute atomic E-state index is 0.187. The van der Waals surface area contributed by atoms with Gasteiger partial charge in [0, 0.05) is 55.4 Å². The lowest BCUT2D eigenvalue weighted by molar-refractivity contribution is -0.133. The zero-order valence-corrected chi connectivity index (χ0v) is 18.0. The summed E-state index contributed by atoms with van der Waals surface area (Å²) in [6, 6.07) is 10.3. The van der Waals surface area contributed by atoms with E-state index in [4.69, 9.17) is 9.72 Å². The molecule has 3 aromatic rings. The molecule has 154 valence electrons. The van der Waals surface area contributed by atoms with E-state index in [1.165, 1.54) is 5.69 Å². The molecule has 3 heterocycles. The van der Waals surface area contributed by atoms with Crippen LogP contribution < -0.4 is 0 Å². The van der Waals surface area contributed by atoms with Gasteiger partial charge in [0.2, 0.25) is 5.91 Å². The molecule has 29 heavy (non-hydrogen) atoms. The van der Waals surface area contributed by atoms with E-state index in [0.717, 1.165) is 48.6 Å². The molecule has 0 saturated carbocycles. The summed E-state index contributed by atoms with van der Waals surface area (Å²) >= 11 is 1.66. The lowest BCUT2D eigenvalue weighted by atomic mass is 10.1. The summed E-state index contributed by atoms with van der Waals surface area (Å²) in [6.07, 6.45) is 5.86. The third-order valence-corrected chi connectivity index (χ3v) is 6.26. The minimum atomic E-state index is 0.187. The number of fused-ring (bicyclic) bond motifs is 1. The number of thiazole rings is 1. The van der Waals surface area contributed by atoms with E-state index in [2.05, 4.69) is 42.0 Å². The lowest BCUT2D eigenvalue weighted by Gasteiger charge is -2.26. The molecule has 1 aliphatic rings. The predicted octanol–water partition coefficient (Wildman–Crippen LogP) is 4.66. The molecule has 0 spiro atoms. The fourth-order valence-electron chi connectivity index (χ4n) is 3.84. The number of aromatic nitrogens is 2. The fraction of sp³-hybridized carbons (Fsp3) is 0.478. The molecule has 0 aliphatic carbocycles. The van der Waals surface area contributed by atoms with Crippen molar-refractivity contribution in [3.05, 3.63) is 47.6 Å². The highest BCUT2D eigenvalue weighted by Crippen LogP contribution is 2.24. The van der Waals surface area contributed by atoms with Crippen LogP contribution in [0, 0.1) is 5.92 Å². The van der Waals surface area contributed by atoms with Gasteiger partial charge in [-0.2, -0.15) is 0 Å². The number of benzene rings is 1. The Morgan fingerprint density at radius 1 is 1.34 bits per heavy atom. The van der Waals surface area contributed by atoms with E-state index in [0.29, 0.717) is 18.9 Å². The van der Waals surface area contributed by atoms with Crippen molar-refractivity contribution < 1.29 is 9.53 Å². The van der Waals surface area contributed by atoms with Crippen molar-refractivity contribution in [2.45, 2.75) is 45.6 Å². The summed E-state index contributed by atoms with van der Waals surface area (Å²) in [7, 11) is 0. The summed E-state index contributed by atoms with van der Waals surface area (Å²) < 4.78 is 7.96. The first-order chi connectivity index (χ1) is 14.1. The second-order valence-corrected chi connectivity index (χ2v) is 9.03. The van der Waals surface area contributed by atoms with E-state index in [-0.39, 0.29) is 12.0 Å². The Morgan fingerprint density at radius 2 is 2.17 bits per heavy atom. The Bertz CT molecular complexity index is 942. The van der Waals surface area contributed by atoms with Gasteiger partial charge in [-0.1, -0.05) is 44.2 Å². The van der Waals surface area contributed by atoms with Gasteiger partial charge >= 0.3 is 0 Å². The Morgan fingerprint density at radius 3 is 2.90 bits per heavy atom. The van der Waals surface area contributed by atoms with Crippen LogP contribution in [0.2, 0.25) is 0 Å². The second kappa shape index (κ2) is 9.09. The molecule has 0 bridgehead atoms. The van der Waals surface area contributed by atoms with Gasteiger partial charge in [0.1, 0.15) is 0 Å². The third-order valence-electron chi connectivity index (χ3n) is 5.37. The molecule has 1 unspecified atom stereocenters. The van der Waals surface area contributed by atoms with Crippen molar-refractivity contribution in [2.24, 2.45) is 5.92 Å². The minimum Gasteiger partial charge on any atom is -0.376 e. The zero-order chi connectivity index (χ0) is 20.2. The summed E-state index contributed by atoms with van der Waals surface area (Å²) in [5.41, 5.74) is 3.32. The van der Waals surface area contributed by atoms with Gasteiger partial charge in [-0.05, 0) is 18.8 Å². The molecule has 1 amide bonds. The van der Waals surface area contributed by atoms with E-state index >= 15 is 0 Å². The van der Waals surface area contributed by atoms with Gasteiger partial charge in [0.15, 0.2) is 4.96 Å². The first-order valence-electron chi connectivity index (χ1n) is 10.5. The van der Waals surface area contributed by atoms with E-state index < -0.39 is 0 Å². The Labute approximate surface area is 176 Å². The standard InChI is InChI=1S/C23H29N3O2S/c1-17(2)13-22(27)25(14-20-9-6-12-28-20)11-10-19-16-29-23-24-21(15-26(19)23)18-7-4-3-5-8-18/h3-5,7-8,15-17,20H,6,9-14H2,1-2H3. The maximum absolute atomic E-state index is 12.8. The Kier molecular flexibility index (Phi) is 6.31. The van der Waals surface area contributed by atoms with Gasteiger partial charge in [-0.3, -0.25) is 9.20 Å². The van der Waals surface area contributed by atoms with Gasteiger partial charge in [-0.15, -0.1) is 11.3 Å². The van der Waals surface area contributed by atoms with Crippen molar-refractivity contribution in [3.63, 3.8) is 0 Å². The number of carbonyl (C=O) groups excluding carboxylic acids is 1. The molecular weight excluding hydrogens is 382 g/mol. The summed E-state index contributed by atoms with van der Waals surface area (Å²) in [5, 5.41) is 2.16. The van der Waals surface area contributed by atoms with Crippen molar-refractivity contribution in [1.29, 1.82) is 0 Å². The molecule has 2 aromatic heterocycles. The molecule has 5 nitrogen and oxygen atoms in total.